The molecule has 1 aliphatic heterocycles. The van der Waals surface area contributed by atoms with Crippen LogP contribution in [0.15, 0.2) is 23.1 Å². The summed E-state index contributed by atoms with van der Waals surface area (Å²) < 4.78 is 22.9. The zero-order valence-electron chi connectivity index (χ0n) is 10.4. The minimum atomic E-state index is -3.32. The van der Waals surface area contributed by atoms with E-state index < -0.39 is 9.84 Å². The molecular formula is C12H15ClN2O3S. The highest BCUT2D eigenvalue weighted by atomic mass is 35.5. The summed E-state index contributed by atoms with van der Waals surface area (Å²) >= 11 is 5.97. The topological polar surface area (TPSA) is 75.3 Å². The zero-order valence-corrected chi connectivity index (χ0v) is 12.0. The lowest BCUT2D eigenvalue weighted by atomic mass is 10.2. The Labute approximate surface area is 117 Å². The number of halogens is 1. The van der Waals surface area contributed by atoms with Crippen molar-refractivity contribution in [2.45, 2.75) is 23.8 Å². The molecule has 0 aliphatic carbocycles. The van der Waals surface area contributed by atoms with Crippen molar-refractivity contribution in [3.8, 4) is 0 Å². The lowest BCUT2D eigenvalue weighted by Crippen LogP contribution is -2.35. The van der Waals surface area contributed by atoms with Crippen molar-refractivity contribution in [3.63, 3.8) is 0 Å². The fourth-order valence-corrected chi connectivity index (χ4v) is 2.77. The molecule has 7 heteroatoms. The maximum atomic E-state index is 11.9. The van der Waals surface area contributed by atoms with Crippen LogP contribution < -0.4 is 10.6 Å². The van der Waals surface area contributed by atoms with E-state index in [0.29, 0.717) is 10.7 Å². The Bertz CT molecular complexity index is 595. The lowest BCUT2D eigenvalue weighted by molar-refractivity contribution is -0.117. The number of benzene rings is 1. The third-order valence-electron chi connectivity index (χ3n) is 3.00. The molecule has 1 aliphatic rings. The number of carbonyl (C=O) groups is 1. The Kier molecular flexibility index (Phi) is 4.13. The molecule has 0 spiro atoms. The molecule has 5 nitrogen and oxygen atoms in total. The van der Waals surface area contributed by atoms with Crippen LogP contribution in [-0.2, 0) is 14.6 Å². The molecule has 1 unspecified atom stereocenters. The molecule has 0 bridgehead atoms. The predicted molar refractivity (Wildman–Crippen MR) is 74.2 cm³/mol. The van der Waals surface area contributed by atoms with Gasteiger partial charge in [0.2, 0.25) is 5.91 Å². The quantitative estimate of drug-likeness (QED) is 0.886. The molecule has 1 amide bonds. The summed E-state index contributed by atoms with van der Waals surface area (Å²) in [7, 11) is -3.32. The van der Waals surface area contributed by atoms with E-state index in [0.717, 1.165) is 25.6 Å². The number of amides is 1. The first kappa shape index (κ1) is 14.3. The maximum Gasteiger partial charge on any atom is 0.241 e. The number of carbonyl (C=O) groups excluding carboxylic acids is 1. The van der Waals surface area contributed by atoms with Gasteiger partial charge in [-0.25, -0.2) is 8.42 Å². The Hall–Kier alpha value is -1.11. The predicted octanol–water partition coefficient (Wildman–Crippen LogP) is 1.43. The molecule has 2 N–H and O–H groups in total. The van der Waals surface area contributed by atoms with E-state index in [1.54, 1.807) is 0 Å². The molecular weight excluding hydrogens is 288 g/mol. The first-order chi connectivity index (χ1) is 8.88. The number of anilines is 1. The van der Waals surface area contributed by atoms with Crippen LogP contribution in [0.5, 0.6) is 0 Å². The molecule has 1 heterocycles. The summed E-state index contributed by atoms with van der Waals surface area (Å²) in [4.78, 5) is 12.1. The van der Waals surface area contributed by atoms with Crippen LogP contribution >= 0.6 is 11.6 Å². The third-order valence-corrected chi connectivity index (χ3v) is 4.44. The summed E-state index contributed by atoms with van der Waals surface area (Å²) in [6, 6.07) is 4.03. The first-order valence-electron chi connectivity index (χ1n) is 5.92. The largest absolute Gasteiger partial charge is 0.323 e. The van der Waals surface area contributed by atoms with Crippen LogP contribution in [0.2, 0.25) is 5.02 Å². The molecule has 1 aromatic rings. The van der Waals surface area contributed by atoms with Gasteiger partial charge in [-0.2, -0.15) is 0 Å². The standard InChI is InChI=1S/C12H15ClN2O3S/c1-19(17,18)8-4-5-9(13)11(7-8)15-12(16)10-3-2-6-14-10/h4-5,7,10,14H,2-3,6H2,1H3,(H,15,16). The van der Waals surface area contributed by atoms with Crippen molar-refractivity contribution in [1.29, 1.82) is 0 Å². The molecule has 0 radical (unpaired) electrons. The van der Waals surface area contributed by atoms with E-state index in [9.17, 15) is 13.2 Å². The van der Waals surface area contributed by atoms with Crippen LogP contribution in [0.3, 0.4) is 0 Å². The van der Waals surface area contributed by atoms with Gasteiger partial charge in [0.25, 0.3) is 0 Å². The van der Waals surface area contributed by atoms with Crippen LogP contribution in [0, 0.1) is 0 Å². The molecule has 19 heavy (non-hydrogen) atoms. The minimum absolute atomic E-state index is 0.131. The van der Waals surface area contributed by atoms with Gasteiger partial charge in [-0.05, 0) is 37.6 Å². The van der Waals surface area contributed by atoms with Gasteiger partial charge in [0.15, 0.2) is 9.84 Å². The molecule has 0 saturated carbocycles. The smallest absolute Gasteiger partial charge is 0.241 e. The first-order valence-corrected chi connectivity index (χ1v) is 8.19. The molecule has 104 valence electrons. The summed E-state index contributed by atoms with van der Waals surface area (Å²) in [6.07, 6.45) is 2.84. The Morgan fingerprint density at radius 3 is 2.79 bits per heavy atom. The van der Waals surface area contributed by atoms with Crippen LogP contribution in [0.4, 0.5) is 5.69 Å². The highest BCUT2D eigenvalue weighted by Gasteiger charge is 2.22. The van der Waals surface area contributed by atoms with Crippen molar-refractivity contribution < 1.29 is 13.2 Å². The highest BCUT2D eigenvalue weighted by molar-refractivity contribution is 7.90. The summed E-state index contributed by atoms with van der Waals surface area (Å²) in [5.41, 5.74) is 0.322. The molecule has 2 rings (SSSR count). The second-order valence-corrected chi connectivity index (χ2v) is 6.97. The number of hydrogen-bond donors (Lipinski definition) is 2. The highest BCUT2D eigenvalue weighted by Crippen LogP contribution is 2.25. The van der Waals surface area contributed by atoms with Gasteiger partial charge in [0.05, 0.1) is 21.6 Å². The van der Waals surface area contributed by atoms with E-state index in [1.807, 2.05) is 0 Å². The molecule has 1 atom stereocenters. The van der Waals surface area contributed by atoms with E-state index in [1.165, 1.54) is 18.2 Å². The summed E-state index contributed by atoms with van der Waals surface area (Å²) in [5, 5.41) is 6.05. The summed E-state index contributed by atoms with van der Waals surface area (Å²) in [6.45, 7) is 0.815. The van der Waals surface area contributed by atoms with Crippen LogP contribution in [0.1, 0.15) is 12.8 Å². The van der Waals surface area contributed by atoms with Crippen molar-refractivity contribution >= 4 is 33.0 Å². The Balaban J connectivity index is 2.22. The normalized spacial score (nSPS) is 19.4. The number of nitrogens with one attached hydrogen (secondary N) is 2. The molecule has 1 aromatic carbocycles. The molecule has 1 saturated heterocycles. The monoisotopic (exact) mass is 302 g/mol. The second-order valence-electron chi connectivity index (χ2n) is 4.55. The molecule has 0 aromatic heterocycles. The van der Waals surface area contributed by atoms with E-state index in [2.05, 4.69) is 10.6 Å². The maximum absolute atomic E-state index is 11.9. The van der Waals surface area contributed by atoms with Gasteiger partial charge in [-0.1, -0.05) is 11.6 Å². The number of sulfone groups is 1. The van der Waals surface area contributed by atoms with Crippen molar-refractivity contribution in [2.75, 3.05) is 18.1 Å². The van der Waals surface area contributed by atoms with Gasteiger partial charge < -0.3 is 10.6 Å². The zero-order chi connectivity index (χ0) is 14.0. The Morgan fingerprint density at radius 1 is 1.47 bits per heavy atom. The summed E-state index contributed by atoms with van der Waals surface area (Å²) in [5.74, 6) is -0.190. The van der Waals surface area contributed by atoms with E-state index in [-0.39, 0.29) is 16.8 Å². The number of rotatable bonds is 3. The minimum Gasteiger partial charge on any atom is -0.323 e. The average Bonchev–Trinajstić information content (AvgIpc) is 2.84. The van der Waals surface area contributed by atoms with Gasteiger partial charge in [0.1, 0.15) is 0 Å². The molecule has 1 fully saturated rings. The van der Waals surface area contributed by atoms with Crippen molar-refractivity contribution in [2.24, 2.45) is 0 Å². The van der Waals surface area contributed by atoms with Crippen LogP contribution in [0.25, 0.3) is 0 Å². The second kappa shape index (κ2) is 5.48. The van der Waals surface area contributed by atoms with Crippen molar-refractivity contribution in [1.82, 2.24) is 5.32 Å². The van der Waals surface area contributed by atoms with Crippen LogP contribution in [-0.4, -0.2) is 33.2 Å². The number of hydrogen-bond acceptors (Lipinski definition) is 4. The van der Waals surface area contributed by atoms with Crippen molar-refractivity contribution in [3.05, 3.63) is 23.2 Å². The van der Waals surface area contributed by atoms with Gasteiger partial charge in [0, 0.05) is 6.26 Å². The van der Waals surface area contributed by atoms with Gasteiger partial charge in [-0.3, -0.25) is 4.79 Å². The average molecular weight is 303 g/mol. The van der Waals surface area contributed by atoms with Gasteiger partial charge >= 0.3 is 0 Å². The third kappa shape index (κ3) is 3.46. The lowest BCUT2D eigenvalue weighted by Gasteiger charge is -2.13. The fourth-order valence-electron chi connectivity index (χ4n) is 1.96. The van der Waals surface area contributed by atoms with Gasteiger partial charge in [-0.15, -0.1) is 0 Å². The van der Waals surface area contributed by atoms with E-state index >= 15 is 0 Å². The Morgan fingerprint density at radius 2 is 2.21 bits per heavy atom. The van der Waals surface area contributed by atoms with E-state index in [4.69, 9.17) is 11.6 Å². The fraction of sp³-hybridized carbons (Fsp3) is 0.417. The SMILES string of the molecule is CS(=O)(=O)c1ccc(Cl)c(NC(=O)C2CCCN2)c1.